The number of hydrogen-bond acceptors (Lipinski definition) is 3. The Hall–Kier alpha value is -0.410. The maximum absolute atomic E-state index is 4.48. The second kappa shape index (κ2) is 4.84. The van der Waals surface area contributed by atoms with E-state index in [1.807, 2.05) is 17.5 Å². The van der Waals surface area contributed by atoms with Crippen LogP contribution in [0.2, 0.25) is 0 Å². The van der Waals surface area contributed by atoms with Crippen LogP contribution >= 0.6 is 11.3 Å². The molecule has 16 heavy (non-hydrogen) atoms. The molecule has 3 heteroatoms. The molecular weight excluding hydrogens is 216 g/mol. The van der Waals surface area contributed by atoms with E-state index in [1.54, 1.807) is 0 Å². The molecule has 1 aromatic heterocycles. The maximum Gasteiger partial charge on any atom is 0.0940 e. The molecule has 0 aromatic carbocycles. The molecular formula is C13H24N2S. The second-order valence-electron chi connectivity index (χ2n) is 6.30. The third-order valence-electron chi connectivity index (χ3n) is 2.29. The van der Waals surface area contributed by atoms with Gasteiger partial charge in [-0.1, -0.05) is 20.8 Å². The van der Waals surface area contributed by atoms with Crippen LogP contribution in [0.3, 0.4) is 0 Å². The van der Waals surface area contributed by atoms with Crippen molar-refractivity contribution in [3.63, 3.8) is 0 Å². The summed E-state index contributed by atoms with van der Waals surface area (Å²) in [4.78, 5) is 5.85. The Bertz CT molecular complexity index is 328. The fourth-order valence-corrected chi connectivity index (χ4v) is 2.29. The molecule has 0 aliphatic rings. The summed E-state index contributed by atoms with van der Waals surface area (Å²) in [7, 11) is 0. The summed E-state index contributed by atoms with van der Waals surface area (Å²) < 4.78 is 0. The van der Waals surface area contributed by atoms with Gasteiger partial charge in [-0.15, -0.1) is 11.3 Å². The van der Waals surface area contributed by atoms with Gasteiger partial charge >= 0.3 is 0 Å². The molecule has 92 valence electrons. The van der Waals surface area contributed by atoms with Crippen LogP contribution in [-0.4, -0.2) is 17.1 Å². The fraction of sp³-hybridized carbons (Fsp3) is 0.769. The van der Waals surface area contributed by atoms with E-state index in [-0.39, 0.29) is 11.0 Å². The first kappa shape index (κ1) is 13.7. The van der Waals surface area contributed by atoms with Crippen LogP contribution in [0.1, 0.15) is 51.4 Å². The van der Waals surface area contributed by atoms with E-state index in [0.717, 1.165) is 13.0 Å². The minimum Gasteiger partial charge on any atom is -0.312 e. The lowest BCUT2D eigenvalue weighted by atomic mass is 9.96. The molecule has 1 heterocycles. The smallest absolute Gasteiger partial charge is 0.0940 e. The summed E-state index contributed by atoms with van der Waals surface area (Å²) in [5.41, 5.74) is 0.428. The van der Waals surface area contributed by atoms with E-state index < -0.39 is 0 Å². The van der Waals surface area contributed by atoms with Crippen molar-refractivity contribution in [1.29, 1.82) is 0 Å². The second-order valence-corrected chi connectivity index (χ2v) is 7.41. The summed E-state index contributed by atoms with van der Waals surface area (Å²) in [6.45, 7) is 14.3. The molecule has 0 atom stereocenters. The van der Waals surface area contributed by atoms with E-state index in [1.165, 1.54) is 9.88 Å². The quantitative estimate of drug-likeness (QED) is 0.876. The molecule has 0 aliphatic heterocycles. The van der Waals surface area contributed by atoms with Gasteiger partial charge in [0, 0.05) is 29.6 Å². The molecule has 1 rings (SSSR count). The Balaban J connectivity index is 2.48. The molecule has 2 nitrogen and oxygen atoms in total. The summed E-state index contributed by atoms with van der Waals surface area (Å²) >= 11 is 1.84. The van der Waals surface area contributed by atoms with E-state index >= 15 is 0 Å². The fourth-order valence-electron chi connectivity index (χ4n) is 1.32. The minimum absolute atomic E-state index is 0.199. The van der Waals surface area contributed by atoms with Crippen LogP contribution in [-0.2, 0) is 11.8 Å². The molecule has 1 N–H and O–H groups in total. The zero-order chi connectivity index (χ0) is 12.4. The van der Waals surface area contributed by atoms with Gasteiger partial charge in [-0.3, -0.25) is 0 Å². The number of rotatable bonds is 3. The highest BCUT2D eigenvalue weighted by molar-refractivity contribution is 7.11. The molecule has 0 saturated carbocycles. The molecule has 0 spiro atoms. The Morgan fingerprint density at radius 3 is 2.25 bits per heavy atom. The third-order valence-corrected chi connectivity index (χ3v) is 3.77. The molecule has 0 bridgehead atoms. The standard InChI is InChI=1S/C13H24N2S/c1-12(2,3)10-9-14-11(16-10)7-8-15-13(4,5)6/h9,15H,7-8H2,1-6H3. The molecule has 0 aliphatic carbocycles. The van der Waals surface area contributed by atoms with Gasteiger partial charge in [-0.2, -0.15) is 0 Å². The van der Waals surface area contributed by atoms with Crippen LogP contribution in [0.25, 0.3) is 0 Å². The monoisotopic (exact) mass is 240 g/mol. The predicted octanol–water partition coefficient (Wildman–Crippen LogP) is 3.37. The average molecular weight is 240 g/mol. The Morgan fingerprint density at radius 2 is 1.81 bits per heavy atom. The Morgan fingerprint density at radius 1 is 1.19 bits per heavy atom. The van der Waals surface area contributed by atoms with Crippen molar-refractivity contribution in [1.82, 2.24) is 10.3 Å². The number of aromatic nitrogens is 1. The lowest BCUT2D eigenvalue weighted by Crippen LogP contribution is -2.37. The van der Waals surface area contributed by atoms with Crippen molar-refractivity contribution in [2.24, 2.45) is 0 Å². The van der Waals surface area contributed by atoms with Gasteiger partial charge in [0.05, 0.1) is 5.01 Å². The number of nitrogens with zero attached hydrogens (tertiary/aromatic N) is 1. The number of hydrogen-bond donors (Lipinski definition) is 1. The SMILES string of the molecule is CC(C)(C)NCCc1ncc(C(C)(C)C)s1. The van der Waals surface area contributed by atoms with Crippen molar-refractivity contribution < 1.29 is 0 Å². The first-order chi connectivity index (χ1) is 7.18. The van der Waals surface area contributed by atoms with Crippen LogP contribution < -0.4 is 5.32 Å². The topological polar surface area (TPSA) is 24.9 Å². The zero-order valence-corrected chi connectivity index (χ0v) is 12.2. The van der Waals surface area contributed by atoms with Crippen molar-refractivity contribution in [2.75, 3.05) is 6.54 Å². The van der Waals surface area contributed by atoms with E-state index in [0.29, 0.717) is 0 Å². The third kappa shape index (κ3) is 4.62. The zero-order valence-electron chi connectivity index (χ0n) is 11.3. The highest BCUT2D eigenvalue weighted by Crippen LogP contribution is 2.27. The lowest BCUT2D eigenvalue weighted by molar-refractivity contribution is 0.429. The highest BCUT2D eigenvalue weighted by Gasteiger charge is 2.17. The van der Waals surface area contributed by atoms with Gasteiger partial charge in [-0.25, -0.2) is 4.98 Å². The van der Waals surface area contributed by atoms with Crippen molar-refractivity contribution in [2.45, 2.75) is 58.9 Å². The van der Waals surface area contributed by atoms with Gasteiger partial charge in [0.15, 0.2) is 0 Å². The van der Waals surface area contributed by atoms with Crippen LogP contribution in [0.15, 0.2) is 6.20 Å². The summed E-state index contributed by atoms with van der Waals surface area (Å²) in [5.74, 6) is 0. The van der Waals surface area contributed by atoms with E-state index in [2.05, 4.69) is 51.8 Å². The van der Waals surface area contributed by atoms with E-state index in [4.69, 9.17) is 0 Å². The molecule has 1 aromatic rings. The average Bonchev–Trinajstić information content (AvgIpc) is 2.49. The molecule has 0 radical (unpaired) electrons. The van der Waals surface area contributed by atoms with Crippen molar-refractivity contribution in [3.8, 4) is 0 Å². The van der Waals surface area contributed by atoms with Gasteiger partial charge in [0.25, 0.3) is 0 Å². The number of nitrogens with one attached hydrogen (secondary N) is 1. The van der Waals surface area contributed by atoms with Gasteiger partial charge in [0.1, 0.15) is 0 Å². The van der Waals surface area contributed by atoms with Crippen molar-refractivity contribution in [3.05, 3.63) is 16.1 Å². The molecule has 0 fully saturated rings. The van der Waals surface area contributed by atoms with Crippen LogP contribution in [0.4, 0.5) is 0 Å². The van der Waals surface area contributed by atoms with Crippen LogP contribution in [0, 0.1) is 0 Å². The summed E-state index contributed by atoms with van der Waals surface area (Å²) in [6.07, 6.45) is 3.05. The van der Waals surface area contributed by atoms with Gasteiger partial charge in [-0.05, 0) is 26.2 Å². The molecule has 0 unspecified atom stereocenters. The van der Waals surface area contributed by atoms with Crippen molar-refractivity contribution >= 4 is 11.3 Å². The minimum atomic E-state index is 0.199. The largest absolute Gasteiger partial charge is 0.312 e. The van der Waals surface area contributed by atoms with E-state index in [9.17, 15) is 0 Å². The molecule has 0 saturated heterocycles. The van der Waals surface area contributed by atoms with Crippen LogP contribution in [0.5, 0.6) is 0 Å². The van der Waals surface area contributed by atoms with Gasteiger partial charge in [0.2, 0.25) is 0 Å². The molecule has 0 amide bonds. The Kier molecular flexibility index (Phi) is 4.13. The predicted molar refractivity (Wildman–Crippen MR) is 72.3 cm³/mol. The van der Waals surface area contributed by atoms with Gasteiger partial charge < -0.3 is 5.32 Å². The first-order valence-corrected chi connectivity index (χ1v) is 6.70. The number of thiazole rings is 1. The summed E-state index contributed by atoms with van der Waals surface area (Å²) in [5, 5.41) is 4.72. The highest BCUT2D eigenvalue weighted by atomic mass is 32.1. The first-order valence-electron chi connectivity index (χ1n) is 5.89. The summed E-state index contributed by atoms with van der Waals surface area (Å²) in [6, 6.07) is 0. The normalized spacial score (nSPS) is 13.1. The lowest BCUT2D eigenvalue weighted by Gasteiger charge is -2.19. The Labute approximate surface area is 103 Å². The maximum atomic E-state index is 4.48.